The lowest BCUT2D eigenvalue weighted by atomic mass is 10.0. The van der Waals surface area contributed by atoms with Gasteiger partial charge in [0.15, 0.2) is 0 Å². The van der Waals surface area contributed by atoms with Gasteiger partial charge in [-0.25, -0.2) is 0 Å². The van der Waals surface area contributed by atoms with Crippen molar-refractivity contribution in [3.05, 3.63) is 29.3 Å². The molecule has 0 spiro atoms. The molecule has 1 aromatic rings. The van der Waals surface area contributed by atoms with E-state index in [-0.39, 0.29) is 12.3 Å². The largest absolute Gasteiger partial charge is 0.370 e. The number of primary amides is 1. The number of likely N-dealkylation sites (N-methyl/N-ethyl adjacent to an activating group) is 1. The molecule has 4 N–H and O–H groups in total. The lowest BCUT2D eigenvalue weighted by Gasteiger charge is -2.13. The van der Waals surface area contributed by atoms with Crippen LogP contribution in [0.4, 0.5) is 5.69 Å². The number of rotatable bonds is 3. The lowest BCUT2D eigenvalue weighted by Crippen LogP contribution is -2.21. The Hall–Kier alpha value is -1.88. The molecule has 5 nitrogen and oxygen atoms in total. The van der Waals surface area contributed by atoms with Crippen LogP contribution in [-0.4, -0.2) is 18.9 Å². The van der Waals surface area contributed by atoms with Crippen LogP contribution in [0.2, 0.25) is 0 Å². The highest BCUT2D eigenvalue weighted by molar-refractivity contribution is 6.00. The van der Waals surface area contributed by atoms with E-state index in [1.54, 1.807) is 11.9 Å². The minimum Gasteiger partial charge on any atom is -0.370 e. The minimum absolute atomic E-state index is 0.0700. The van der Waals surface area contributed by atoms with Crippen molar-refractivity contribution in [3.63, 3.8) is 0 Å². The van der Waals surface area contributed by atoms with E-state index in [9.17, 15) is 9.59 Å². The summed E-state index contributed by atoms with van der Waals surface area (Å²) in [6.07, 6.45) is 0.505. The van der Waals surface area contributed by atoms with Gasteiger partial charge < -0.3 is 16.4 Å². The molecule has 0 saturated carbocycles. The van der Waals surface area contributed by atoms with Crippen LogP contribution in [-0.2, 0) is 16.0 Å². The number of fused-ring (bicyclic) bond motifs is 1. The Morgan fingerprint density at radius 2 is 2.24 bits per heavy atom. The normalized spacial score (nSPS) is 15.9. The first-order chi connectivity index (χ1) is 7.99. The molecule has 0 aromatic heterocycles. The number of nitrogens with two attached hydrogens (primary N) is 2. The van der Waals surface area contributed by atoms with Gasteiger partial charge in [0.2, 0.25) is 11.8 Å². The maximum Gasteiger partial charge on any atom is 0.231 e. The van der Waals surface area contributed by atoms with Gasteiger partial charge in [0.05, 0.1) is 6.42 Å². The van der Waals surface area contributed by atoms with Crippen molar-refractivity contribution in [2.24, 2.45) is 11.5 Å². The van der Waals surface area contributed by atoms with Crippen molar-refractivity contribution >= 4 is 17.5 Å². The summed E-state index contributed by atoms with van der Waals surface area (Å²) in [4.78, 5) is 23.9. The zero-order valence-electron chi connectivity index (χ0n) is 9.64. The first-order valence-electron chi connectivity index (χ1n) is 5.42. The molecule has 1 aromatic carbocycles. The predicted molar refractivity (Wildman–Crippen MR) is 64.3 cm³/mol. The molecule has 1 unspecified atom stereocenters. The van der Waals surface area contributed by atoms with E-state index in [0.717, 1.165) is 16.8 Å². The topological polar surface area (TPSA) is 89.4 Å². The molecule has 5 heteroatoms. The van der Waals surface area contributed by atoms with Crippen molar-refractivity contribution in [1.29, 1.82) is 0 Å². The summed E-state index contributed by atoms with van der Waals surface area (Å²) in [6.45, 7) is 0. The fraction of sp³-hybridized carbons (Fsp3) is 0.333. The smallest absolute Gasteiger partial charge is 0.231 e. The fourth-order valence-corrected chi connectivity index (χ4v) is 2.06. The summed E-state index contributed by atoms with van der Waals surface area (Å²) >= 11 is 0. The number of amides is 2. The lowest BCUT2D eigenvalue weighted by molar-refractivity contribution is -0.118. The Bertz CT molecular complexity index is 485. The fourth-order valence-electron chi connectivity index (χ4n) is 2.06. The van der Waals surface area contributed by atoms with E-state index in [0.29, 0.717) is 6.42 Å². The Morgan fingerprint density at radius 3 is 2.88 bits per heavy atom. The highest BCUT2D eigenvalue weighted by atomic mass is 16.2. The van der Waals surface area contributed by atoms with Crippen molar-refractivity contribution in [1.82, 2.24) is 0 Å². The molecule has 0 fully saturated rings. The van der Waals surface area contributed by atoms with Crippen LogP contribution in [0.3, 0.4) is 0 Å². The van der Waals surface area contributed by atoms with Gasteiger partial charge in [-0.05, 0) is 17.2 Å². The molecule has 2 rings (SSSR count). The van der Waals surface area contributed by atoms with Gasteiger partial charge in [-0.15, -0.1) is 0 Å². The quantitative estimate of drug-likeness (QED) is 0.774. The molecule has 1 aliphatic heterocycles. The van der Waals surface area contributed by atoms with Gasteiger partial charge in [-0.2, -0.15) is 0 Å². The number of carbonyl (C=O) groups is 2. The Kier molecular flexibility index (Phi) is 2.85. The molecule has 1 atom stereocenters. The standard InChI is InChI=1S/C12H15N3O2/c1-15-10-3-2-7(9(13)6-11(14)16)4-8(10)5-12(15)17/h2-4,9H,5-6,13H2,1H3,(H2,14,16). The number of nitrogens with zero attached hydrogens (tertiary/aromatic N) is 1. The number of carbonyl (C=O) groups excluding carboxylic acids is 2. The predicted octanol–water partition coefficient (Wildman–Crippen LogP) is 0.0807. The molecule has 0 radical (unpaired) electrons. The molecule has 2 amide bonds. The van der Waals surface area contributed by atoms with Gasteiger partial charge in [0, 0.05) is 25.2 Å². The second-order valence-corrected chi connectivity index (χ2v) is 4.29. The highest BCUT2D eigenvalue weighted by Gasteiger charge is 2.24. The third-order valence-electron chi connectivity index (χ3n) is 3.03. The van der Waals surface area contributed by atoms with E-state index in [4.69, 9.17) is 11.5 Å². The van der Waals surface area contributed by atoms with Crippen LogP contribution in [0.1, 0.15) is 23.6 Å². The molecule has 0 saturated heterocycles. The van der Waals surface area contributed by atoms with Crippen molar-refractivity contribution in [2.75, 3.05) is 11.9 Å². The van der Waals surface area contributed by atoms with Crippen molar-refractivity contribution < 1.29 is 9.59 Å². The first kappa shape index (κ1) is 11.6. The van der Waals surface area contributed by atoms with E-state index < -0.39 is 11.9 Å². The number of hydrogen-bond donors (Lipinski definition) is 2. The number of benzene rings is 1. The van der Waals surface area contributed by atoms with E-state index in [2.05, 4.69) is 0 Å². The van der Waals surface area contributed by atoms with Crippen molar-refractivity contribution in [2.45, 2.75) is 18.9 Å². The molecule has 90 valence electrons. The Balaban J connectivity index is 2.27. The molecule has 0 aliphatic carbocycles. The van der Waals surface area contributed by atoms with Crippen LogP contribution in [0.25, 0.3) is 0 Å². The van der Waals surface area contributed by atoms with Crippen LogP contribution >= 0.6 is 0 Å². The van der Waals surface area contributed by atoms with Crippen molar-refractivity contribution in [3.8, 4) is 0 Å². The maximum absolute atomic E-state index is 11.5. The Labute approximate surface area is 99.4 Å². The number of anilines is 1. The summed E-state index contributed by atoms with van der Waals surface area (Å²) in [5.41, 5.74) is 13.7. The molecule has 17 heavy (non-hydrogen) atoms. The van der Waals surface area contributed by atoms with E-state index in [1.165, 1.54) is 0 Å². The molecule has 0 bridgehead atoms. The molecule has 1 aliphatic rings. The van der Waals surface area contributed by atoms with Gasteiger partial charge in [-0.1, -0.05) is 12.1 Å². The second kappa shape index (κ2) is 4.18. The second-order valence-electron chi connectivity index (χ2n) is 4.29. The van der Waals surface area contributed by atoms with Gasteiger partial charge >= 0.3 is 0 Å². The molecular formula is C12H15N3O2. The minimum atomic E-state index is -0.425. The van der Waals surface area contributed by atoms with Gasteiger partial charge in [-0.3, -0.25) is 9.59 Å². The maximum atomic E-state index is 11.5. The molecule has 1 heterocycles. The van der Waals surface area contributed by atoms with Gasteiger partial charge in [0.1, 0.15) is 0 Å². The monoisotopic (exact) mass is 233 g/mol. The SMILES string of the molecule is CN1C(=O)Cc2cc(C(N)CC(N)=O)ccc21. The third-order valence-corrected chi connectivity index (χ3v) is 3.03. The summed E-state index contributed by atoms with van der Waals surface area (Å²) in [5.74, 6) is -0.355. The summed E-state index contributed by atoms with van der Waals surface area (Å²) in [7, 11) is 1.75. The van der Waals surface area contributed by atoms with E-state index >= 15 is 0 Å². The summed E-state index contributed by atoms with van der Waals surface area (Å²) < 4.78 is 0. The Morgan fingerprint density at radius 1 is 1.53 bits per heavy atom. The number of hydrogen-bond acceptors (Lipinski definition) is 3. The summed E-state index contributed by atoms with van der Waals surface area (Å²) in [5, 5.41) is 0. The molecular weight excluding hydrogens is 218 g/mol. The average molecular weight is 233 g/mol. The summed E-state index contributed by atoms with van der Waals surface area (Å²) in [6, 6.07) is 5.17. The van der Waals surface area contributed by atoms with E-state index in [1.807, 2.05) is 18.2 Å². The zero-order valence-corrected chi connectivity index (χ0v) is 9.64. The van der Waals surface area contributed by atoms with Gasteiger partial charge in [0.25, 0.3) is 0 Å². The van der Waals surface area contributed by atoms with Crippen LogP contribution < -0.4 is 16.4 Å². The average Bonchev–Trinajstić information content (AvgIpc) is 2.53. The zero-order chi connectivity index (χ0) is 12.6. The van der Waals surface area contributed by atoms with Crippen LogP contribution in [0, 0.1) is 0 Å². The highest BCUT2D eigenvalue weighted by Crippen LogP contribution is 2.30. The third kappa shape index (κ3) is 2.14. The first-order valence-corrected chi connectivity index (χ1v) is 5.42. The van der Waals surface area contributed by atoms with Crippen LogP contribution in [0.5, 0.6) is 0 Å². The van der Waals surface area contributed by atoms with Crippen LogP contribution in [0.15, 0.2) is 18.2 Å².